The second-order valence-electron chi connectivity index (χ2n) is 14.0. The molecule has 3 heterocycles. The van der Waals surface area contributed by atoms with Crippen molar-refractivity contribution in [3.8, 4) is 55.9 Å². The van der Waals surface area contributed by atoms with Crippen LogP contribution in [0.2, 0.25) is 0 Å². The predicted octanol–water partition coefficient (Wildman–Crippen LogP) is 12.5. The Morgan fingerprint density at radius 1 is 0.321 bits per heavy atom. The molecule has 1 aliphatic rings. The Balaban J connectivity index is 1.19. The Kier molecular flexibility index (Phi) is 5.74. The molecular weight excluding hydrogens is 645 g/mol. The average Bonchev–Trinajstić information content (AvgIpc) is 3.87. The van der Waals surface area contributed by atoms with Crippen LogP contribution in [0.25, 0.3) is 106 Å². The minimum absolute atomic E-state index is 0.897. The van der Waals surface area contributed by atoms with Crippen LogP contribution in [0.15, 0.2) is 182 Å². The van der Waals surface area contributed by atoms with Gasteiger partial charge >= 0.3 is 0 Å². The third-order valence-corrected chi connectivity index (χ3v) is 11.2. The molecule has 0 saturated heterocycles. The average molecular weight is 675 g/mol. The zero-order valence-electron chi connectivity index (χ0n) is 28.6. The van der Waals surface area contributed by atoms with Gasteiger partial charge in [0.25, 0.3) is 0 Å². The summed E-state index contributed by atoms with van der Waals surface area (Å²) < 4.78 is 7.06. The molecule has 12 rings (SSSR count). The van der Waals surface area contributed by atoms with Crippen molar-refractivity contribution >= 4 is 49.7 Å². The highest BCUT2D eigenvalue weighted by molar-refractivity contribution is 6.12. The lowest BCUT2D eigenvalue weighted by molar-refractivity contribution is 1.11. The molecule has 0 fully saturated rings. The number of hydrogen-bond acceptors (Lipinski definition) is 1. The lowest BCUT2D eigenvalue weighted by atomic mass is 9.80. The predicted molar refractivity (Wildman–Crippen MR) is 219 cm³/mol. The Hall–Kier alpha value is -7.17. The van der Waals surface area contributed by atoms with Crippen LogP contribution in [0.1, 0.15) is 0 Å². The molecule has 4 nitrogen and oxygen atoms in total. The van der Waals surface area contributed by atoms with Crippen molar-refractivity contribution in [3.63, 3.8) is 0 Å². The van der Waals surface area contributed by atoms with Crippen molar-refractivity contribution in [2.24, 2.45) is 0 Å². The molecule has 0 spiro atoms. The van der Waals surface area contributed by atoms with E-state index in [2.05, 4.69) is 196 Å². The van der Waals surface area contributed by atoms with Crippen LogP contribution < -0.4 is 0 Å². The van der Waals surface area contributed by atoms with Gasteiger partial charge in [0, 0.05) is 27.7 Å². The third-order valence-electron chi connectivity index (χ3n) is 11.2. The number of hydrogen-bond donors (Lipinski definition) is 0. The molecule has 0 aliphatic heterocycles. The highest BCUT2D eigenvalue weighted by Gasteiger charge is 2.27. The highest BCUT2D eigenvalue weighted by atomic mass is 15.2. The molecule has 0 N–H and O–H groups in total. The van der Waals surface area contributed by atoms with Crippen molar-refractivity contribution in [2.75, 3.05) is 0 Å². The molecular formula is C49H30N4. The molecule has 4 heteroatoms. The first-order valence-electron chi connectivity index (χ1n) is 18.2. The third kappa shape index (κ3) is 3.87. The van der Waals surface area contributed by atoms with Gasteiger partial charge in [-0.15, -0.1) is 0 Å². The van der Waals surface area contributed by atoms with Crippen molar-refractivity contribution < 1.29 is 0 Å². The number of para-hydroxylation sites is 4. The number of imidazole rings is 2. The van der Waals surface area contributed by atoms with Gasteiger partial charge in [0.2, 0.25) is 5.78 Å². The summed E-state index contributed by atoms with van der Waals surface area (Å²) in [5, 5.41) is 2.44. The van der Waals surface area contributed by atoms with Crippen molar-refractivity contribution in [1.29, 1.82) is 0 Å². The van der Waals surface area contributed by atoms with Crippen LogP contribution in [-0.4, -0.2) is 18.5 Å². The summed E-state index contributed by atoms with van der Waals surface area (Å²) >= 11 is 0. The van der Waals surface area contributed by atoms with Gasteiger partial charge in [-0.25, -0.2) is 4.98 Å². The maximum absolute atomic E-state index is 5.66. The summed E-state index contributed by atoms with van der Waals surface area (Å²) in [5.41, 5.74) is 18.7. The molecule has 0 atom stereocenters. The first-order chi connectivity index (χ1) is 26.3. The van der Waals surface area contributed by atoms with Gasteiger partial charge in [0.05, 0.1) is 33.1 Å². The van der Waals surface area contributed by atoms with Crippen LogP contribution in [0.4, 0.5) is 0 Å². The minimum Gasteiger partial charge on any atom is -0.309 e. The number of aromatic nitrogens is 4. The van der Waals surface area contributed by atoms with E-state index in [0.717, 1.165) is 39.2 Å². The zero-order valence-corrected chi connectivity index (χ0v) is 28.6. The van der Waals surface area contributed by atoms with E-state index < -0.39 is 0 Å². The molecule has 3 aromatic heterocycles. The van der Waals surface area contributed by atoms with Crippen LogP contribution in [-0.2, 0) is 0 Å². The highest BCUT2D eigenvalue weighted by Crippen LogP contribution is 2.50. The van der Waals surface area contributed by atoms with Gasteiger partial charge in [-0.05, 0) is 93.5 Å². The van der Waals surface area contributed by atoms with Crippen molar-refractivity contribution in [3.05, 3.63) is 182 Å². The zero-order chi connectivity index (χ0) is 34.6. The van der Waals surface area contributed by atoms with Crippen molar-refractivity contribution in [1.82, 2.24) is 18.5 Å². The Morgan fingerprint density at radius 3 is 1.57 bits per heavy atom. The summed E-state index contributed by atoms with van der Waals surface area (Å²) in [7, 11) is 0. The van der Waals surface area contributed by atoms with Crippen molar-refractivity contribution in [2.45, 2.75) is 0 Å². The normalized spacial score (nSPS) is 12.2. The SMILES string of the molecule is c1ccc(-n2c3ccccc3c3cc(-n4c5ccccc5n5c6ccc7c(c6nc45)-c4ccccc4-c4ccccc4-c4ccccc4-7)ccc32)cc1. The second kappa shape index (κ2) is 10.7. The summed E-state index contributed by atoms with van der Waals surface area (Å²) in [6.07, 6.45) is 0. The molecule has 246 valence electrons. The Morgan fingerprint density at radius 2 is 0.849 bits per heavy atom. The number of rotatable bonds is 2. The van der Waals surface area contributed by atoms with Crippen LogP contribution >= 0.6 is 0 Å². The van der Waals surface area contributed by atoms with E-state index in [1.807, 2.05) is 0 Å². The molecule has 0 radical (unpaired) electrons. The second-order valence-corrected chi connectivity index (χ2v) is 14.0. The molecule has 0 amide bonds. The van der Waals surface area contributed by atoms with E-state index in [0.29, 0.717) is 0 Å². The number of nitrogens with zero attached hydrogens (tertiary/aromatic N) is 4. The lowest BCUT2D eigenvalue weighted by Gasteiger charge is -2.23. The summed E-state index contributed by atoms with van der Waals surface area (Å²) in [5.74, 6) is 0.897. The molecule has 11 aromatic rings. The van der Waals surface area contributed by atoms with E-state index in [1.165, 1.54) is 66.3 Å². The smallest absolute Gasteiger partial charge is 0.220 e. The molecule has 0 bridgehead atoms. The van der Waals surface area contributed by atoms with Crippen LogP contribution in [0.3, 0.4) is 0 Å². The Labute approximate surface area is 305 Å². The van der Waals surface area contributed by atoms with Gasteiger partial charge in [0.1, 0.15) is 0 Å². The lowest BCUT2D eigenvalue weighted by Crippen LogP contribution is -1.98. The van der Waals surface area contributed by atoms with E-state index in [9.17, 15) is 0 Å². The van der Waals surface area contributed by atoms with Gasteiger partial charge in [-0.1, -0.05) is 127 Å². The van der Waals surface area contributed by atoms with E-state index in [1.54, 1.807) is 0 Å². The van der Waals surface area contributed by atoms with Gasteiger partial charge in [0.15, 0.2) is 0 Å². The van der Waals surface area contributed by atoms with Crippen LogP contribution in [0.5, 0.6) is 0 Å². The van der Waals surface area contributed by atoms with E-state index >= 15 is 0 Å². The molecule has 0 saturated carbocycles. The number of fused-ring (bicyclic) bond motifs is 17. The fourth-order valence-corrected chi connectivity index (χ4v) is 9.02. The standard InChI is InChI=1S/C49H30N4/c1-2-14-31(15-3-1)51-42-23-11-10-21-38(42)41-30-32(26-28-43(41)51)52-44-24-12-13-25-45(44)53-46-29-27-40-37-20-7-6-18-35(37)33-16-4-5-17-34(33)36-19-8-9-22-39(36)47(40)48(46)50-49(52)53/h1-30H. The topological polar surface area (TPSA) is 27.2 Å². The maximum atomic E-state index is 5.66. The molecule has 1 aliphatic carbocycles. The fraction of sp³-hybridized carbons (Fsp3) is 0. The minimum atomic E-state index is 0.897. The Bertz CT molecular complexity index is 3280. The van der Waals surface area contributed by atoms with E-state index in [-0.39, 0.29) is 0 Å². The van der Waals surface area contributed by atoms with E-state index in [4.69, 9.17) is 4.98 Å². The van der Waals surface area contributed by atoms with Crippen LogP contribution in [0, 0.1) is 0 Å². The molecule has 8 aromatic carbocycles. The first-order valence-corrected chi connectivity index (χ1v) is 18.2. The monoisotopic (exact) mass is 674 g/mol. The maximum Gasteiger partial charge on any atom is 0.220 e. The van der Waals surface area contributed by atoms with Gasteiger partial charge in [-0.3, -0.25) is 8.97 Å². The largest absolute Gasteiger partial charge is 0.309 e. The molecule has 0 unspecified atom stereocenters. The summed E-state index contributed by atoms with van der Waals surface area (Å²) in [6, 6.07) is 65.9. The quantitative estimate of drug-likeness (QED) is 0.179. The van der Waals surface area contributed by atoms with Gasteiger partial charge in [-0.2, -0.15) is 0 Å². The first kappa shape index (κ1) is 28.5. The summed E-state index contributed by atoms with van der Waals surface area (Å²) in [6.45, 7) is 0. The molecule has 53 heavy (non-hydrogen) atoms. The summed E-state index contributed by atoms with van der Waals surface area (Å²) in [4.78, 5) is 5.66. The fourth-order valence-electron chi connectivity index (χ4n) is 9.02. The van der Waals surface area contributed by atoms with Gasteiger partial charge < -0.3 is 4.57 Å². The number of benzene rings is 8.